The highest BCUT2D eigenvalue weighted by atomic mass is 16.5. The van der Waals surface area contributed by atoms with Gasteiger partial charge >= 0.3 is 0 Å². The number of hydrogen-bond acceptors (Lipinski definition) is 4. The standard InChI is InChI=1S/C18H33N3O3/c1-14(16(22)20-8-6-19(5)7-9-20)12-15-13-21(10-11-24-15)17(23)18(2,3)4/h14-15H,6-13H2,1-5H3. The fourth-order valence-corrected chi connectivity index (χ4v) is 3.35. The first-order valence-corrected chi connectivity index (χ1v) is 9.07. The summed E-state index contributed by atoms with van der Waals surface area (Å²) in [4.78, 5) is 31.2. The van der Waals surface area contributed by atoms with Crippen LogP contribution in [0.4, 0.5) is 0 Å². The van der Waals surface area contributed by atoms with Gasteiger partial charge in [-0.3, -0.25) is 9.59 Å². The van der Waals surface area contributed by atoms with Crippen LogP contribution in [0.25, 0.3) is 0 Å². The van der Waals surface area contributed by atoms with Crippen LogP contribution in [-0.2, 0) is 14.3 Å². The molecule has 138 valence electrons. The van der Waals surface area contributed by atoms with Crippen molar-refractivity contribution in [1.82, 2.24) is 14.7 Å². The third kappa shape index (κ3) is 4.93. The molecule has 2 heterocycles. The molecule has 6 heteroatoms. The smallest absolute Gasteiger partial charge is 0.228 e. The van der Waals surface area contributed by atoms with E-state index in [-0.39, 0.29) is 29.3 Å². The van der Waals surface area contributed by atoms with E-state index in [4.69, 9.17) is 4.74 Å². The largest absolute Gasteiger partial charge is 0.375 e. The Morgan fingerprint density at radius 1 is 1.08 bits per heavy atom. The third-order valence-corrected chi connectivity index (χ3v) is 4.92. The predicted molar refractivity (Wildman–Crippen MR) is 93.6 cm³/mol. The van der Waals surface area contributed by atoms with Crippen LogP contribution in [0, 0.1) is 11.3 Å². The van der Waals surface area contributed by atoms with Crippen LogP contribution in [0.3, 0.4) is 0 Å². The summed E-state index contributed by atoms with van der Waals surface area (Å²) in [7, 11) is 2.09. The average Bonchev–Trinajstić information content (AvgIpc) is 2.53. The van der Waals surface area contributed by atoms with Crippen molar-refractivity contribution in [2.45, 2.75) is 40.2 Å². The molecule has 0 N–H and O–H groups in total. The van der Waals surface area contributed by atoms with Gasteiger partial charge in [0.15, 0.2) is 0 Å². The SMILES string of the molecule is CC(CC1CN(C(=O)C(C)(C)C)CCO1)C(=O)N1CCN(C)CC1. The molecule has 0 radical (unpaired) electrons. The molecule has 6 nitrogen and oxygen atoms in total. The third-order valence-electron chi connectivity index (χ3n) is 4.92. The molecule has 2 rings (SSSR count). The lowest BCUT2D eigenvalue weighted by Gasteiger charge is -2.38. The van der Waals surface area contributed by atoms with Gasteiger partial charge in [0.2, 0.25) is 11.8 Å². The Morgan fingerprint density at radius 3 is 2.29 bits per heavy atom. The maximum absolute atomic E-state index is 12.6. The zero-order valence-electron chi connectivity index (χ0n) is 15.9. The summed E-state index contributed by atoms with van der Waals surface area (Å²) in [6.45, 7) is 13.1. The molecule has 2 aliphatic rings. The molecule has 0 aliphatic carbocycles. The van der Waals surface area contributed by atoms with Crippen molar-refractivity contribution < 1.29 is 14.3 Å². The molecule has 2 amide bonds. The first kappa shape index (κ1) is 19.2. The molecule has 2 aliphatic heterocycles. The first-order chi connectivity index (χ1) is 11.2. The van der Waals surface area contributed by atoms with Gasteiger partial charge in [-0.15, -0.1) is 0 Å². The van der Waals surface area contributed by atoms with E-state index in [0.717, 1.165) is 26.2 Å². The number of nitrogens with zero attached hydrogens (tertiary/aromatic N) is 3. The van der Waals surface area contributed by atoms with E-state index in [0.29, 0.717) is 26.1 Å². The molecule has 0 saturated carbocycles. The molecule has 0 aromatic rings. The highest BCUT2D eigenvalue weighted by molar-refractivity contribution is 5.81. The van der Waals surface area contributed by atoms with E-state index in [9.17, 15) is 9.59 Å². The molecule has 0 spiro atoms. The summed E-state index contributed by atoms with van der Waals surface area (Å²) in [6.07, 6.45) is 0.635. The van der Waals surface area contributed by atoms with E-state index in [2.05, 4.69) is 11.9 Å². The zero-order valence-corrected chi connectivity index (χ0v) is 15.9. The molecule has 2 fully saturated rings. The van der Waals surface area contributed by atoms with Gasteiger partial charge in [0.1, 0.15) is 0 Å². The van der Waals surface area contributed by atoms with E-state index in [1.54, 1.807) is 0 Å². The molecular formula is C18H33N3O3. The summed E-state index contributed by atoms with van der Waals surface area (Å²) < 4.78 is 5.82. The summed E-state index contributed by atoms with van der Waals surface area (Å²) >= 11 is 0. The normalized spacial score (nSPS) is 24.8. The second-order valence-corrected chi connectivity index (χ2v) is 8.26. The zero-order chi connectivity index (χ0) is 17.9. The van der Waals surface area contributed by atoms with Gasteiger partial charge in [0.05, 0.1) is 12.7 Å². The number of carbonyl (C=O) groups is 2. The molecule has 0 bridgehead atoms. The first-order valence-electron chi connectivity index (χ1n) is 9.07. The molecule has 0 aromatic heterocycles. The maximum Gasteiger partial charge on any atom is 0.228 e. The number of rotatable bonds is 3. The lowest BCUT2D eigenvalue weighted by Crippen LogP contribution is -2.51. The van der Waals surface area contributed by atoms with Gasteiger partial charge in [-0.2, -0.15) is 0 Å². The lowest BCUT2D eigenvalue weighted by atomic mass is 9.93. The number of piperazine rings is 1. The van der Waals surface area contributed by atoms with Gasteiger partial charge in [0, 0.05) is 50.6 Å². The van der Waals surface area contributed by atoms with Gasteiger partial charge in [-0.25, -0.2) is 0 Å². The Hall–Kier alpha value is -1.14. The number of ether oxygens (including phenoxy) is 1. The van der Waals surface area contributed by atoms with Crippen LogP contribution < -0.4 is 0 Å². The second kappa shape index (κ2) is 7.83. The van der Waals surface area contributed by atoms with Crippen molar-refractivity contribution >= 4 is 11.8 Å². The van der Waals surface area contributed by atoms with Crippen LogP contribution >= 0.6 is 0 Å². The van der Waals surface area contributed by atoms with Crippen molar-refractivity contribution in [3.05, 3.63) is 0 Å². The topological polar surface area (TPSA) is 53.1 Å². The van der Waals surface area contributed by atoms with Crippen LogP contribution in [0.15, 0.2) is 0 Å². The minimum absolute atomic E-state index is 0.0449. The second-order valence-electron chi connectivity index (χ2n) is 8.26. The van der Waals surface area contributed by atoms with Crippen molar-refractivity contribution in [2.75, 3.05) is 52.9 Å². The highest BCUT2D eigenvalue weighted by Gasteiger charge is 2.33. The van der Waals surface area contributed by atoms with Crippen LogP contribution in [0.5, 0.6) is 0 Å². The minimum Gasteiger partial charge on any atom is -0.375 e. The number of amides is 2. The molecule has 0 aromatic carbocycles. The molecule has 2 saturated heterocycles. The average molecular weight is 339 g/mol. The van der Waals surface area contributed by atoms with Crippen molar-refractivity contribution in [3.8, 4) is 0 Å². The Balaban J connectivity index is 1.86. The van der Waals surface area contributed by atoms with Crippen molar-refractivity contribution in [2.24, 2.45) is 11.3 Å². The Kier molecular flexibility index (Phi) is 6.26. The highest BCUT2D eigenvalue weighted by Crippen LogP contribution is 2.22. The van der Waals surface area contributed by atoms with Crippen LogP contribution in [-0.4, -0.2) is 85.5 Å². The summed E-state index contributed by atoms with van der Waals surface area (Å²) in [5.41, 5.74) is -0.372. The van der Waals surface area contributed by atoms with E-state index in [1.807, 2.05) is 37.5 Å². The van der Waals surface area contributed by atoms with Gasteiger partial charge < -0.3 is 19.4 Å². The fraction of sp³-hybridized carbons (Fsp3) is 0.889. The van der Waals surface area contributed by atoms with Crippen LogP contribution in [0.2, 0.25) is 0 Å². The molecular weight excluding hydrogens is 306 g/mol. The quantitative estimate of drug-likeness (QED) is 0.772. The Morgan fingerprint density at radius 2 is 1.71 bits per heavy atom. The number of morpholine rings is 1. The summed E-state index contributed by atoms with van der Waals surface area (Å²) in [5, 5.41) is 0. The van der Waals surface area contributed by atoms with Crippen LogP contribution in [0.1, 0.15) is 34.1 Å². The molecule has 24 heavy (non-hydrogen) atoms. The van der Waals surface area contributed by atoms with Gasteiger partial charge in [0.25, 0.3) is 0 Å². The van der Waals surface area contributed by atoms with Gasteiger partial charge in [-0.05, 0) is 13.5 Å². The Labute approximate surface area is 146 Å². The number of carbonyl (C=O) groups excluding carboxylic acids is 2. The minimum atomic E-state index is -0.372. The summed E-state index contributed by atoms with van der Waals surface area (Å²) in [5.74, 6) is 0.308. The van der Waals surface area contributed by atoms with Crippen molar-refractivity contribution in [1.29, 1.82) is 0 Å². The monoisotopic (exact) mass is 339 g/mol. The molecule has 2 atom stereocenters. The van der Waals surface area contributed by atoms with Gasteiger partial charge in [-0.1, -0.05) is 27.7 Å². The lowest BCUT2D eigenvalue weighted by molar-refractivity contribution is -0.148. The van der Waals surface area contributed by atoms with E-state index in [1.165, 1.54) is 0 Å². The Bertz CT molecular complexity index is 453. The number of likely N-dealkylation sites (N-methyl/N-ethyl adjacent to an activating group) is 1. The fourth-order valence-electron chi connectivity index (χ4n) is 3.35. The van der Waals surface area contributed by atoms with E-state index >= 15 is 0 Å². The maximum atomic E-state index is 12.6. The molecule has 2 unspecified atom stereocenters. The number of hydrogen-bond donors (Lipinski definition) is 0. The van der Waals surface area contributed by atoms with E-state index < -0.39 is 0 Å². The van der Waals surface area contributed by atoms with Crippen molar-refractivity contribution in [3.63, 3.8) is 0 Å². The summed E-state index contributed by atoms with van der Waals surface area (Å²) in [6, 6.07) is 0. The predicted octanol–water partition coefficient (Wildman–Crippen LogP) is 1.06.